The van der Waals surface area contributed by atoms with E-state index in [1.807, 2.05) is 6.92 Å². The van der Waals surface area contributed by atoms with Crippen LogP contribution < -0.4 is 5.43 Å². The molecule has 1 aromatic carbocycles. The first-order valence-electron chi connectivity index (χ1n) is 7.55. The fraction of sp³-hybridized carbons (Fsp3) is 0.500. The predicted octanol–water partition coefficient (Wildman–Crippen LogP) is 2.35. The Morgan fingerprint density at radius 1 is 1.18 bits per heavy atom. The van der Waals surface area contributed by atoms with Crippen molar-refractivity contribution < 1.29 is 20.1 Å². The Kier molecular flexibility index (Phi) is 3.68. The number of amides is 1. The van der Waals surface area contributed by atoms with Crippen LogP contribution in [0.3, 0.4) is 0 Å². The first kappa shape index (κ1) is 14.7. The average Bonchev–Trinajstić information content (AvgIpc) is 3.12. The van der Waals surface area contributed by atoms with E-state index in [4.69, 9.17) is 0 Å². The molecule has 22 heavy (non-hydrogen) atoms. The second-order valence-electron chi connectivity index (χ2n) is 6.34. The van der Waals surface area contributed by atoms with Crippen molar-refractivity contribution in [1.82, 2.24) is 5.43 Å². The molecule has 0 saturated heterocycles. The van der Waals surface area contributed by atoms with E-state index < -0.39 is 23.2 Å². The molecule has 118 valence electrons. The van der Waals surface area contributed by atoms with E-state index in [1.54, 1.807) is 0 Å². The van der Waals surface area contributed by atoms with Crippen LogP contribution in [-0.2, 0) is 0 Å². The van der Waals surface area contributed by atoms with Crippen molar-refractivity contribution in [3.05, 3.63) is 17.7 Å². The van der Waals surface area contributed by atoms with Crippen LogP contribution >= 0.6 is 0 Å². The fourth-order valence-corrected chi connectivity index (χ4v) is 3.78. The second-order valence-corrected chi connectivity index (χ2v) is 6.34. The van der Waals surface area contributed by atoms with Gasteiger partial charge in [0, 0.05) is 17.2 Å². The largest absolute Gasteiger partial charge is 0.504 e. The summed E-state index contributed by atoms with van der Waals surface area (Å²) in [4.78, 5) is 12.0. The summed E-state index contributed by atoms with van der Waals surface area (Å²) < 4.78 is 0. The molecule has 3 atom stereocenters. The molecule has 0 aromatic heterocycles. The van der Waals surface area contributed by atoms with Gasteiger partial charge in [-0.25, -0.2) is 5.43 Å². The summed E-state index contributed by atoms with van der Waals surface area (Å²) in [7, 11) is 0. The van der Waals surface area contributed by atoms with Crippen molar-refractivity contribution in [3.8, 4) is 17.2 Å². The van der Waals surface area contributed by atoms with Crippen LogP contribution in [0.2, 0.25) is 0 Å². The van der Waals surface area contributed by atoms with Gasteiger partial charge in [0.15, 0.2) is 17.2 Å². The molecule has 1 aromatic rings. The average molecular weight is 304 g/mol. The number of hydrazone groups is 1. The maximum Gasteiger partial charge on any atom is 0.271 e. The zero-order valence-electron chi connectivity index (χ0n) is 12.4. The van der Waals surface area contributed by atoms with Crippen LogP contribution in [0.1, 0.15) is 43.0 Å². The smallest absolute Gasteiger partial charge is 0.271 e. The summed E-state index contributed by atoms with van der Waals surface area (Å²) in [5, 5.41) is 32.3. The lowest BCUT2D eigenvalue weighted by Crippen LogP contribution is -2.24. The molecular formula is C16H20N2O4. The number of carbonyl (C=O) groups excluding carboxylic acids is 1. The number of carbonyl (C=O) groups is 1. The van der Waals surface area contributed by atoms with Crippen LogP contribution in [0, 0.1) is 17.8 Å². The highest BCUT2D eigenvalue weighted by Gasteiger charge is 2.40. The topological polar surface area (TPSA) is 102 Å². The van der Waals surface area contributed by atoms with Crippen molar-refractivity contribution in [1.29, 1.82) is 0 Å². The fourth-order valence-electron chi connectivity index (χ4n) is 3.78. The number of phenolic OH excluding ortho intramolecular Hbond substituents is 3. The van der Waals surface area contributed by atoms with Gasteiger partial charge < -0.3 is 15.3 Å². The molecule has 3 rings (SSSR count). The van der Waals surface area contributed by atoms with Gasteiger partial charge in [-0.2, -0.15) is 5.10 Å². The zero-order valence-corrected chi connectivity index (χ0v) is 12.4. The number of fused-ring (bicyclic) bond motifs is 2. The minimum atomic E-state index is -0.641. The molecule has 6 nitrogen and oxygen atoms in total. The normalized spacial score (nSPS) is 27.1. The number of aromatic hydroxyl groups is 3. The lowest BCUT2D eigenvalue weighted by molar-refractivity contribution is 0.0953. The number of nitrogens with zero attached hydrogens (tertiary/aromatic N) is 1. The van der Waals surface area contributed by atoms with Crippen LogP contribution in [0.5, 0.6) is 17.2 Å². The Morgan fingerprint density at radius 2 is 1.86 bits per heavy atom. The monoisotopic (exact) mass is 304 g/mol. The molecule has 2 fully saturated rings. The van der Waals surface area contributed by atoms with E-state index in [0.29, 0.717) is 11.8 Å². The molecule has 0 heterocycles. The summed E-state index contributed by atoms with van der Waals surface area (Å²) in [5.41, 5.74) is 3.42. The quantitative estimate of drug-likeness (QED) is 0.391. The van der Waals surface area contributed by atoms with Crippen molar-refractivity contribution in [3.63, 3.8) is 0 Å². The van der Waals surface area contributed by atoms with Crippen molar-refractivity contribution in [2.45, 2.75) is 32.6 Å². The first-order valence-corrected chi connectivity index (χ1v) is 7.55. The molecule has 2 aliphatic rings. The van der Waals surface area contributed by atoms with Crippen molar-refractivity contribution in [2.24, 2.45) is 22.9 Å². The molecule has 1 amide bonds. The number of nitrogens with one attached hydrogen (secondary N) is 1. The Labute approximate surface area is 128 Å². The number of hydrogen-bond acceptors (Lipinski definition) is 5. The summed E-state index contributed by atoms with van der Waals surface area (Å²) >= 11 is 0. The third kappa shape index (κ3) is 2.61. The second kappa shape index (κ2) is 5.51. The van der Waals surface area contributed by atoms with Gasteiger partial charge in [-0.05, 0) is 50.2 Å². The molecule has 6 heteroatoms. The number of rotatable bonds is 3. The van der Waals surface area contributed by atoms with Crippen LogP contribution in [0.15, 0.2) is 17.2 Å². The molecule has 4 N–H and O–H groups in total. The minimum absolute atomic E-state index is 0.0392. The summed E-state index contributed by atoms with van der Waals surface area (Å²) in [5.74, 6) is -0.320. The van der Waals surface area contributed by atoms with E-state index in [0.717, 1.165) is 30.2 Å². The van der Waals surface area contributed by atoms with Gasteiger partial charge in [-0.3, -0.25) is 4.79 Å². The minimum Gasteiger partial charge on any atom is -0.504 e. The predicted molar refractivity (Wildman–Crippen MR) is 80.9 cm³/mol. The molecule has 2 saturated carbocycles. The molecular weight excluding hydrogens is 284 g/mol. The Bertz CT molecular complexity index is 618. The third-order valence-electron chi connectivity index (χ3n) is 4.94. The van der Waals surface area contributed by atoms with E-state index in [-0.39, 0.29) is 5.56 Å². The number of benzene rings is 1. The maximum atomic E-state index is 12.0. The van der Waals surface area contributed by atoms with E-state index in [1.165, 1.54) is 19.3 Å². The van der Waals surface area contributed by atoms with Crippen LogP contribution in [0.4, 0.5) is 0 Å². The summed E-state index contributed by atoms with van der Waals surface area (Å²) in [6.07, 6.45) is 4.98. The van der Waals surface area contributed by atoms with Crippen LogP contribution in [-0.4, -0.2) is 26.9 Å². The standard InChI is InChI=1S/C16H20N2O4/c1-8(12-5-9-2-3-10(12)4-9)17-18-16(22)11-6-13(19)15(21)14(20)7-11/h6-7,9-10,12,19-21H,2-5H2,1H3,(H,18,22)/b17-8+. The molecule has 0 radical (unpaired) electrons. The Morgan fingerprint density at radius 3 is 2.41 bits per heavy atom. The summed E-state index contributed by atoms with van der Waals surface area (Å²) in [6.45, 7) is 1.93. The highest BCUT2D eigenvalue weighted by atomic mass is 16.3. The molecule has 3 unspecified atom stereocenters. The van der Waals surface area contributed by atoms with Gasteiger partial charge in [-0.15, -0.1) is 0 Å². The van der Waals surface area contributed by atoms with E-state index in [9.17, 15) is 20.1 Å². The third-order valence-corrected chi connectivity index (χ3v) is 4.94. The Balaban J connectivity index is 1.68. The lowest BCUT2D eigenvalue weighted by Gasteiger charge is -2.21. The zero-order chi connectivity index (χ0) is 15.9. The molecule has 0 spiro atoms. The highest BCUT2D eigenvalue weighted by molar-refractivity contribution is 5.96. The van der Waals surface area contributed by atoms with E-state index >= 15 is 0 Å². The van der Waals surface area contributed by atoms with Crippen LogP contribution in [0.25, 0.3) is 0 Å². The van der Waals surface area contributed by atoms with Crippen molar-refractivity contribution in [2.75, 3.05) is 0 Å². The summed E-state index contributed by atoms with van der Waals surface area (Å²) in [6, 6.07) is 2.18. The molecule has 0 aliphatic heterocycles. The number of phenols is 3. The van der Waals surface area contributed by atoms with Gasteiger partial charge in [0.25, 0.3) is 5.91 Å². The molecule has 2 aliphatic carbocycles. The number of hydrogen-bond donors (Lipinski definition) is 4. The molecule has 2 bridgehead atoms. The first-order chi connectivity index (χ1) is 10.5. The van der Waals surface area contributed by atoms with Gasteiger partial charge in [0.1, 0.15) is 0 Å². The van der Waals surface area contributed by atoms with Gasteiger partial charge >= 0.3 is 0 Å². The van der Waals surface area contributed by atoms with Gasteiger partial charge in [0.05, 0.1) is 0 Å². The SMILES string of the molecule is C/C(=N\NC(=O)c1cc(O)c(O)c(O)c1)C1CC2CCC1C2. The van der Waals surface area contributed by atoms with Gasteiger partial charge in [-0.1, -0.05) is 6.42 Å². The van der Waals surface area contributed by atoms with E-state index in [2.05, 4.69) is 10.5 Å². The maximum absolute atomic E-state index is 12.0. The lowest BCUT2D eigenvalue weighted by atomic mass is 9.86. The van der Waals surface area contributed by atoms with Gasteiger partial charge in [0.2, 0.25) is 0 Å². The highest BCUT2D eigenvalue weighted by Crippen LogP contribution is 2.48. The van der Waals surface area contributed by atoms with Crippen molar-refractivity contribution >= 4 is 11.6 Å². The Hall–Kier alpha value is -2.24.